The van der Waals surface area contributed by atoms with E-state index < -0.39 is 47.7 Å². The SMILES string of the molecule is CCC(O)C(C)C1OC1CC(C)(O)C=CC=C(C)C1OC(=O)CC(O)CCC(C)(O)C(OC(=O)N2CCCN(CCCCl)CC2)C=CC1C. The van der Waals surface area contributed by atoms with Crippen LogP contribution in [0.25, 0.3) is 0 Å². The van der Waals surface area contributed by atoms with Gasteiger partial charge in [0.2, 0.25) is 0 Å². The summed E-state index contributed by atoms with van der Waals surface area (Å²) in [6.07, 6.45) is 7.32. The van der Waals surface area contributed by atoms with E-state index in [9.17, 15) is 30.0 Å². The quantitative estimate of drug-likeness (QED) is 0.0756. The molecule has 2 fully saturated rings. The summed E-state index contributed by atoms with van der Waals surface area (Å²) in [5, 5.41) is 43.3. The van der Waals surface area contributed by atoms with Crippen molar-refractivity contribution >= 4 is 23.7 Å². The van der Waals surface area contributed by atoms with E-state index in [-0.39, 0.29) is 43.3 Å². The highest BCUT2D eigenvalue weighted by Gasteiger charge is 2.47. The first-order valence-electron chi connectivity index (χ1n) is 18.0. The Bertz CT molecular complexity index is 1160. The van der Waals surface area contributed by atoms with Gasteiger partial charge in [-0.05, 0) is 77.6 Å². The van der Waals surface area contributed by atoms with Gasteiger partial charge < -0.3 is 44.4 Å². The third-order valence-corrected chi connectivity index (χ3v) is 10.3. The molecule has 1 amide bonds. The minimum atomic E-state index is -1.50. The molecule has 3 aliphatic heterocycles. The number of hydrogen-bond donors (Lipinski definition) is 4. The van der Waals surface area contributed by atoms with Crippen LogP contribution < -0.4 is 0 Å². The summed E-state index contributed by atoms with van der Waals surface area (Å²) in [7, 11) is 0. The first-order valence-corrected chi connectivity index (χ1v) is 18.5. The number of hydrogen-bond acceptors (Lipinski definition) is 10. The van der Waals surface area contributed by atoms with E-state index in [2.05, 4.69) is 4.90 Å². The van der Waals surface area contributed by atoms with Gasteiger partial charge >= 0.3 is 12.1 Å². The van der Waals surface area contributed by atoms with E-state index in [1.165, 1.54) is 0 Å². The van der Waals surface area contributed by atoms with Crippen molar-refractivity contribution in [1.82, 2.24) is 9.80 Å². The van der Waals surface area contributed by atoms with Crippen molar-refractivity contribution < 1.29 is 44.2 Å². The highest BCUT2D eigenvalue weighted by Crippen LogP contribution is 2.37. The number of carbonyl (C=O) groups is 2. The third-order valence-electron chi connectivity index (χ3n) is 10.0. The van der Waals surface area contributed by atoms with Crippen LogP contribution >= 0.6 is 11.6 Å². The van der Waals surface area contributed by atoms with Gasteiger partial charge in [-0.3, -0.25) is 4.79 Å². The second-order valence-electron chi connectivity index (χ2n) is 14.7. The molecule has 0 aromatic heterocycles. The first-order chi connectivity index (χ1) is 23.1. The Morgan fingerprint density at radius 3 is 2.69 bits per heavy atom. The monoisotopic (exact) mass is 712 g/mol. The maximum absolute atomic E-state index is 13.4. The predicted molar refractivity (Wildman–Crippen MR) is 189 cm³/mol. The fourth-order valence-electron chi connectivity index (χ4n) is 6.65. The second-order valence-corrected chi connectivity index (χ2v) is 15.1. The van der Waals surface area contributed by atoms with Crippen LogP contribution in [0, 0.1) is 11.8 Å². The van der Waals surface area contributed by atoms with Crippen molar-refractivity contribution in [2.75, 3.05) is 38.6 Å². The standard InChI is InChI=1S/C37H61ClN2O9/c1-7-29(42)27(4)34-30(47-34)24-36(5,45)15-8-11-25(2)33-26(3)12-13-31(37(6,46)16-14-28(41)23-32(43)49-33)48-35(44)40-20-10-19-39(21-22-40)18-9-17-38/h8,11-13,15,26-31,33-34,41-42,45-46H,7,9-10,14,16-24H2,1-6H3. The summed E-state index contributed by atoms with van der Waals surface area (Å²) in [5.41, 5.74) is -1.96. The highest BCUT2D eigenvalue weighted by molar-refractivity contribution is 6.17. The molecule has 3 aliphatic rings. The summed E-state index contributed by atoms with van der Waals surface area (Å²) < 4.78 is 17.6. The second kappa shape index (κ2) is 19.0. The zero-order valence-corrected chi connectivity index (χ0v) is 31.1. The van der Waals surface area contributed by atoms with Gasteiger partial charge in [0.15, 0.2) is 6.10 Å². The summed E-state index contributed by atoms with van der Waals surface area (Å²) in [4.78, 5) is 30.2. The molecule has 0 bridgehead atoms. The van der Waals surface area contributed by atoms with Crippen LogP contribution in [0.3, 0.4) is 0 Å². The number of cyclic esters (lactones) is 1. The number of ether oxygens (including phenoxy) is 3. The Morgan fingerprint density at radius 1 is 1.27 bits per heavy atom. The van der Waals surface area contributed by atoms with Gasteiger partial charge in [-0.2, -0.15) is 0 Å². The van der Waals surface area contributed by atoms with Crippen LogP contribution in [-0.4, -0.2) is 129 Å². The maximum atomic E-state index is 13.4. The molecule has 0 aliphatic carbocycles. The average molecular weight is 713 g/mol. The maximum Gasteiger partial charge on any atom is 0.410 e. The van der Waals surface area contributed by atoms with Crippen molar-refractivity contribution in [1.29, 1.82) is 0 Å². The number of esters is 1. The molecule has 0 aromatic carbocycles. The largest absolute Gasteiger partial charge is 0.457 e. The number of halogens is 1. The van der Waals surface area contributed by atoms with E-state index in [1.54, 1.807) is 49.1 Å². The number of rotatable bonds is 12. The van der Waals surface area contributed by atoms with Gasteiger partial charge in [-0.15, -0.1) is 11.6 Å². The van der Waals surface area contributed by atoms with Crippen molar-refractivity contribution in [3.63, 3.8) is 0 Å². The molecule has 3 heterocycles. The molecular formula is C37H61ClN2O9. The number of nitrogens with zero attached hydrogens (tertiary/aromatic N) is 2. The molecule has 0 saturated carbocycles. The molecule has 10 atom stereocenters. The summed E-state index contributed by atoms with van der Waals surface area (Å²) in [5.74, 6) is -0.372. The fourth-order valence-corrected chi connectivity index (χ4v) is 6.77. The molecule has 11 nitrogen and oxygen atoms in total. The third kappa shape index (κ3) is 13.3. The van der Waals surface area contributed by atoms with Crippen molar-refractivity contribution in [2.45, 2.75) is 134 Å². The Hall–Kier alpha value is -1.99. The van der Waals surface area contributed by atoms with E-state index in [1.807, 2.05) is 27.7 Å². The summed E-state index contributed by atoms with van der Waals surface area (Å²) >= 11 is 5.87. The number of allylic oxidation sites excluding steroid dienone is 2. The van der Waals surface area contributed by atoms with Gasteiger partial charge in [0.1, 0.15) is 11.7 Å². The predicted octanol–water partition coefficient (Wildman–Crippen LogP) is 4.35. The van der Waals surface area contributed by atoms with Crippen LogP contribution in [0.4, 0.5) is 4.79 Å². The van der Waals surface area contributed by atoms with Gasteiger partial charge in [-0.25, -0.2) is 4.79 Å². The lowest BCUT2D eigenvalue weighted by atomic mass is 9.88. The summed E-state index contributed by atoms with van der Waals surface area (Å²) in [6.45, 7) is 14.4. The molecule has 4 N–H and O–H groups in total. The smallest absolute Gasteiger partial charge is 0.410 e. The Balaban J connectivity index is 1.73. The molecule has 0 radical (unpaired) electrons. The Labute approximate surface area is 297 Å². The highest BCUT2D eigenvalue weighted by atomic mass is 35.5. The van der Waals surface area contributed by atoms with Crippen LogP contribution in [0.2, 0.25) is 0 Å². The molecule has 0 aromatic rings. The van der Waals surface area contributed by atoms with Gasteiger partial charge in [0.05, 0.1) is 36.4 Å². The molecular weight excluding hydrogens is 652 g/mol. The van der Waals surface area contributed by atoms with Gasteiger partial charge in [0.25, 0.3) is 0 Å². The molecule has 2 saturated heterocycles. The Morgan fingerprint density at radius 2 is 2.00 bits per heavy atom. The van der Waals surface area contributed by atoms with Gasteiger partial charge in [0, 0.05) is 43.8 Å². The van der Waals surface area contributed by atoms with E-state index >= 15 is 0 Å². The van der Waals surface area contributed by atoms with Crippen molar-refractivity contribution in [2.24, 2.45) is 11.8 Å². The fraction of sp³-hybridized carbons (Fsp3) is 0.784. The normalized spacial score (nSPS) is 33.5. The molecule has 49 heavy (non-hydrogen) atoms. The topological polar surface area (TPSA) is 153 Å². The molecule has 12 heteroatoms. The van der Waals surface area contributed by atoms with Crippen molar-refractivity contribution in [3.05, 3.63) is 36.0 Å². The zero-order chi connectivity index (χ0) is 36.4. The van der Waals surface area contributed by atoms with Crippen molar-refractivity contribution in [3.8, 4) is 0 Å². The van der Waals surface area contributed by atoms with E-state index in [0.29, 0.717) is 43.9 Å². The average Bonchev–Trinajstić information content (AvgIpc) is 3.84. The molecule has 280 valence electrons. The molecule has 10 unspecified atom stereocenters. The summed E-state index contributed by atoms with van der Waals surface area (Å²) in [6, 6.07) is 0. The van der Waals surface area contributed by atoms with E-state index in [0.717, 1.165) is 25.9 Å². The number of amides is 1. The minimum Gasteiger partial charge on any atom is -0.457 e. The van der Waals surface area contributed by atoms with Crippen LogP contribution in [0.15, 0.2) is 36.0 Å². The lowest BCUT2D eigenvalue weighted by molar-refractivity contribution is -0.151. The van der Waals surface area contributed by atoms with Crippen LogP contribution in [-0.2, 0) is 19.0 Å². The van der Waals surface area contributed by atoms with Crippen LogP contribution in [0.5, 0.6) is 0 Å². The number of carbonyl (C=O) groups excluding carboxylic acids is 2. The van der Waals surface area contributed by atoms with Gasteiger partial charge in [-0.1, -0.05) is 45.1 Å². The lowest BCUT2D eigenvalue weighted by Gasteiger charge is -2.34. The first kappa shape index (κ1) is 41.4. The number of alkyl halides is 1. The molecule has 3 rings (SSSR count). The number of epoxide rings is 1. The van der Waals surface area contributed by atoms with Crippen LogP contribution in [0.1, 0.15) is 86.5 Å². The Kier molecular flexibility index (Phi) is 16.1. The lowest BCUT2D eigenvalue weighted by Crippen LogP contribution is -2.45. The molecule has 0 spiro atoms. The number of aliphatic hydroxyl groups excluding tert-OH is 2. The minimum absolute atomic E-state index is 0.0146. The van der Waals surface area contributed by atoms with E-state index in [4.69, 9.17) is 25.8 Å². The zero-order valence-electron chi connectivity index (χ0n) is 30.3. The number of aliphatic hydroxyl groups is 4.